The quantitative estimate of drug-likeness (QED) is 0.285. The van der Waals surface area contributed by atoms with Crippen molar-refractivity contribution in [3.8, 4) is 5.75 Å². The molecule has 0 unspecified atom stereocenters. The van der Waals surface area contributed by atoms with Crippen molar-refractivity contribution in [2.24, 2.45) is 0 Å². The van der Waals surface area contributed by atoms with Crippen LogP contribution in [0, 0.1) is 0 Å². The van der Waals surface area contributed by atoms with E-state index in [4.69, 9.17) is 28.6 Å². The fraction of sp³-hybridized carbons (Fsp3) is 0.0952. The highest BCUT2D eigenvalue weighted by atomic mass is 35.5. The number of carbonyl (C=O) groups is 2. The standard InChI is InChI=1S/C21H15ClN4O3S3/c22-11-18-24-25-20(32-18)23-17(27)12-29-15-8-6-13(7-9-15)10-16-19(28)26(21(30)31-16)14-4-2-1-3-5-14/h1-10H,11-12H2,(H,23,25,27)/b16-10-. The van der Waals surface area contributed by atoms with Crippen molar-refractivity contribution in [1.82, 2.24) is 10.2 Å². The molecule has 1 N–H and O–H groups in total. The van der Waals surface area contributed by atoms with Gasteiger partial charge in [0, 0.05) is 0 Å². The van der Waals surface area contributed by atoms with Crippen molar-refractivity contribution >= 4 is 79.9 Å². The molecule has 0 radical (unpaired) electrons. The van der Waals surface area contributed by atoms with E-state index >= 15 is 0 Å². The molecule has 32 heavy (non-hydrogen) atoms. The summed E-state index contributed by atoms with van der Waals surface area (Å²) in [6.45, 7) is -0.176. The maximum Gasteiger partial charge on any atom is 0.270 e. The number of benzene rings is 2. The molecule has 1 fully saturated rings. The van der Waals surface area contributed by atoms with Gasteiger partial charge in [-0.05, 0) is 35.9 Å². The third kappa shape index (κ3) is 5.33. The Morgan fingerprint density at radius 2 is 1.91 bits per heavy atom. The van der Waals surface area contributed by atoms with Crippen LogP contribution in [0.25, 0.3) is 6.08 Å². The van der Waals surface area contributed by atoms with Crippen LogP contribution in [0.5, 0.6) is 5.75 Å². The summed E-state index contributed by atoms with van der Waals surface area (Å²) in [7, 11) is 0. The van der Waals surface area contributed by atoms with Crippen LogP contribution < -0.4 is 15.0 Å². The lowest BCUT2D eigenvalue weighted by molar-refractivity contribution is -0.118. The van der Waals surface area contributed by atoms with E-state index in [0.29, 0.717) is 25.1 Å². The number of halogens is 1. The Kier molecular flexibility index (Phi) is 7.15. The number of nitrogens with zero attached hydrogens (tertiary/aromatic N) is 3. The van der Waals surface area contributed by atoms with E-state index in [1.807, 2.05) is 30.3 Å². The Hall–Kier alpha value is -2.79. The number of amides is 2. The van der Waals surface area contributed by atoms with Gasteiger partial charge in [-0.3, -0.25) is 19.8 Å². The van der Waals surface area contributed by atoms with Crippen molar-refractivity contribution in [3.05, 3.63) is 70.1 Å². The Morgan fingerprint density at radius 3 is 2.59 bits per heavy atom. The van der Waals surface area contributed by atoms with Crippen LogP contribution in [0.2, 0.25) is 0 Å². The second-order valence-corrected chi connectivity index (χ2v) is 9.40. The minimum absolute atomic E-state index is 0.155. The van der Waals surface area contributed by atoms with Gasteiger partial charge in [0.15, 0.2) is 10.9 Å². The molecule has 1 aliphatic heterocycles. The van der Waals surface area contributed by atoms with Gasteiger partial charge in [-0.1, -0.05) is 65.6 Å². The van der Waals surface area contributed by atoms with E-state index < -0.39 is 0 Å². The lowest BCUT2D eigenvalue weighted by Gasteiger charge is -2.13. The van der Waals surface area contributed by atoms with Crippen LogP contribution in [0.1, 0.15) is 10.6 Å². The van der Waals surface area contributed by atoms with Crippen molar-refractivity contribution in [2.45, 2.75) is 5.88 Å². The van der Waals surface area contributed by atoms with Crippen LogP contribution >= 0.6 is 46.9 Å². The number of nitrogens with one attached hydrogen (secondary N) is 1. The van der Waals surface area contributed by atoms with Gasteiger partial charge in [0.05, 0.1) is 16.5 Å². The minimum atomic E-state index is -0.351. The normalized spacial score (nSPS) is 14.8. The van der Waals surface area contributed by atoms with Crippen LogP contribution in [0.15, 0.2) is 59.5 Å². The van der Waals surface area contributed by atoms with Gasteiger partial charge in [0.25, 0.3) is 11.8 Å². The van der Waals surface area contributed by atoms with Crippen molar-refractivity contribution in [1.29, 1.82) is 0 Å². The molecule has 1 saturated heterocycles. The number of hydrogen-bond donors (Lipinski definition) is 1. The molecule has 0 bridgehead atoms. The molecule has 4 rings (SSSR count). The molecule has 3 aromatic rings. The van der Waals surface area contributed by atoms with E-state index in [-0.39, 0.29) is 24.3 Å². The van der Waals surface area contributed by atoms with E-state index in [9.17, 15) is 9.59 Å². The van der Waals surface area contributed by atoms with Crippen LogP contribution in [-0.2, 0) is 15.5 Å². The Morgan fingerprint density at radius 1 is 1.16 bits per heavy atom. The summed E-state index contributed by atoms with van der Waals surface area (Å²) >= 11 is 13.5. The fourth-order valence-electron chi connectivity index (χ4n) is 2.74. The molecule has 0 aliphatic carbocycles. The second-order valence-electron chi connectivity index (χ2n) is 6.39. The number of thioether (sulfide) groups is 1. The molecule has 1 aliphatic rings. The SMILES string of the molecule is O=C(COc1ccc(/C=C2\SC(=S)N(c3ccccc3)C2=O)cc1)Nc1nnc(CCl)s1. The molecule has 2 heterocycles. The lowest BCUT2D eigenvalue weighted by Crippen LogP contribution is -2.27. The number of hydrogen-bond acceptors (Lipinski definition) is 8. The van der Waals surface area contributed by atoms with Gasteiger partial charge in [0.2, 0.25) is 5.13 Å². The Balaban J connectivity index is 1.35. The number of ether oxygens (including phenoxy) is 1. The monoisotopic (exact) mass is 502 g/mol. The number of rotatable bonds is 7. The van der Waals surface area contributed by atoms with Gasteiger partial charge in [-0.15, -0.1) is 21.8 Å². The zero-order chi connectivity index (χ0) is 22.5. The summed E-state index contributed by atoms with van der Waals surface area (Å²) in [6, 6.07) is 16.4. The first-order valence-electron chi connectivity index (χ1n) is 9.27. The molecule has 2 aromatic carbocycles. The van der Waals surface area contributed by atoms with Crippen LogP contribution in [-0.4, -0.2) is 32.9 Å². The molecule has 0 spiro atoms. The summed E-state index contributed by atoms with van der Waals surface area (Å²) < 4.78 is 6.00. The fourth-order valence-corrected chi connectivity index (χ4v) is 4.86. The molecule has 2 amide bonds. The van der Waals surface area contributed by atoms with E-state index in [1.165, 1.54) is 28.0 Å². The van der Waals surface area contributed by atoms with Crippen molar-refractivity contribution in [2.75, 3.05) is 16.8 Å². The van der Waals surface area contributed by atoms with Crippen molar-refractivity contribution < 1.29 is 14.3 Å². The molecular formula is C21H15ClN4O3S3. The summed E-state index contributed by atoms with van der Waals surface area (Å²) in [5.74, 6) is 0.258. The molecule has 7 nitrogen and oxygen atoms in total. The van der Waals surface area contributed by atoms with E-state index in [2.05, 4.69) is 15.5 Å². The van der Waals surface area contributed by atoms with E-state index in [0.717, 1.165) is 11.3 Å². The summed E-state index contributed by atoms with van der Waals surface area (Å²) in [6.07, 6.45) is 1.78. The zero-order valence-corrected chi connectivity index (χ0v) is 19.6. The van der Waals surface area contributed by atoms with Gasteiger partial charge < -0.3 is 4.74 Å². The zero-order valence-electron chi connectivity index (χ0n) is 16.4. The minimum Gasteiger partial charge on any atom is -0.484 e. The summed E-state index contributed by atoms with van der Waals surface area (Å²) in [5.41, 5.74) is 1.56. The first-order chi connectivity index (χ1) is 15.5. The Bertz CT molecular complexity index is 1180. The number of carbonyl (C=O) groups excluding carboxylic acids is 2. The third-order valence-electron chi connectivity index (χ3n) is 4.18. The second kappa shape index (κ2) is 10.2. The predicted molar refractivity (Wildman–Crippen MR) is 132 cm³/mol. The molecule has 11 heteroatoms. The molecule has 1 aromatic heterocycles. The highest BCUT2D eigenvalue weighted by Crippen LogP contribution is 2.36. The van der Waals surface area contributed by atoms with E-state index in [1.54, 1.807) is 30.3 Å². The largest absolute Gasteiger partial charge is 0.484 e. The first kappa shape index (κ1) is 22.4. The average Bonchev–Trinajstić information content (AvgIpc) is 3.37. The summed E-state index contributed by atoms with van der Waals surface area (Å²) in [4.78, 5) is 26.9. The number of thiocarbonyl (C=S) groups is 1. The third-order valence-corrected chi connectivity index (χ3v) is 6.74. The lowest BCUT2D eigenvalue weighted by atomic mass is 10.2. The van der Waals surface area contributed by atoms with Gasteiger partial charge in [-0.25, -0.2) is 0 Å². The van der Waals surface area contributed by atoms with Gasteiger partial charge in [-0.2, -0.15) is 0 Å². The molecule has 0 saturated carbocycles. The van der Waals surface area contributed by atoms with Crippen LogP contribution in [0.3, 0.4) is 0 Å². The first-order valence-corrected chi connectivity index (χ1v) is 11.8. The number of para-hydroxylation sites is 1. The molecule has 162 valence electrons. The smallest absolute Gasteiger partial charge is 0.270 e. The highest BCUT2D eigenvalue weighted by molar-refractivity contribution is 8.27. The average molecular weight is 503 g/mol. The Labute approximate surface area is 202 Å². The summed E-state index contributed by atoms with van der Waals surface area (Å²) in [5, 5.41) is 11.3. The predicted octanol–water partition coefficient (Wildman–Crippen LogP) is 4.70. The molecular weight excluding hydrogens is 488 g/mol. The topological polar surface area (TPSA) is 84.4 Å². The van der Waals surface area contributed by atoms with Crippen molar-refractivity contribution in [3.63, 3.8) is 0 Å². The van der Waals surface area contributed by atoms with Gasteiger partial charge in [0.1, 0.15) is 10.8 Å². The number of aromatic nitrogens is 2. The maximum atomic E-state index is 12.8. The maximum absolute atomic E-state index is 12.8. The number of alkyl halides is 1. The highest BCUT2D eigenvalue weighted by Gasteiger charge is 2.33. The van der Waals surface area contributed by atoms with Gasteiger partial charge >= 0.3 is 0 Å². The van der Waals surface area contributed by atoms with Crippen LogP contribution in [0.4, 0.5) is 10.8 Å². The number of anilines is 2. The molecule has 0 atom stereocenters.